The summed E-state index contributed by atoms with van der Waals surface area (Å²) < 4.78 is 46.2. The summed E-state index contributed by atoms with van der Waals surface area (Å²) in [5, 5.41) is 57.3. The van der Waals surface area contributed by atoms with Gasteiger partial charge in [-0.25, -0.2) is 14.4 Å². The van der Waals surface area contributed by atoms with Crippen molar-refractivity contribution in [1.29, 1.82) is 0 Å². The number of phenols is 1. The Labute approximate surface area is 673 Å². The van der Waals surface area contributed by atoms with Crippen molar-refractivity contribution in [3.63, 3.8) is 0 Å². The summed E-state index contributed by atoms with van der Waals surface area (Å²) in [6.07, 6.45) is 7.66. The van der Waals surface area contributed by atoms with Gasteiger partial charge in [0.05, 0.1) is 69.0 Å². The third-order valence-corrected chi connectivity index (χ3v) is 15.4. The van der Waals surface area contributed by atoms with E-state index >= 15 is 0 Å². The van der Waals surface area contributed by atoms with Crippen molar-refractivity contribution in [2.75, 3.05) is 65.8 Å². The Bertz CT molecular complexity index is 3500. The molecule has 13 N–H and O–H groups in total. The van der Waals surface area contributed by atoms with Gasteiger partial charge in [0.15, 0.2) is 11.2 Å². The van der Waals surface area contributed by atoms with Crippen molar-refractivity contribution in [3.8, 4) is 58.7 Å². The predicted octanol–water partition coefficient (Wildman–Crippen LogP) is 14.2. The van der Waals surface area contributed by atoms with E-state index in [-0.39, 0.29) is 39.8 Å². The van der Waals surface area contributed by atoms with Gasteiger partial charge in [-0.15, -0.1) is 6.42 Å². The fraction of sp³-hybridized carbons (Fsp3) is 0.476. The van der Waals surface area contributed by atoms with Crippen LogP contribution in [0, 0.1) is 34.9 Å². The number of rotatable bonds is 25. The number of alkyl carbamates (subject to hydrolysis) is 1. The summed E-state index contributed by atoms with van der Waals surface area (Å²) >= 11 is 6.45. The highest BCUT2D eigenvalue weighted by atomic mass is 127. The van der Waals surface area contributed by atoms with E-state index in [2.05, 4.69) is 102 Å². The summed E-state index contributed by atoms with van der Waals surface area (Å²) in [5.74, 6) is 11.2. The standard InChI is InChI=1S/C18H29NO4.C13H21NO2.C13H17NO2.C12H15IO3.C10H13IO2.C6H5IO.C6H12O3.C3H5N.CH4/c1-17(2,3)23-16(21)19-12-8-10-14-9-6-7-11-15(14)22-18(4,5)13-20;2*1-13(2,10-15)16-12-8-4-3-6-11(12)7-5-9-14;1-4-15-11(14)12(2,3)16-10-8-6-5-7-9(10)13;1-10(2,7-12)13-9-6-4-3-5-8(9)11;7-5-3-1-2-4-6(5)8;1-4-9-5(7)6(2,3)8;1-2-3-4;/h6-7,9,11,20H,8,10,12-13H2,1-5H3,(H,19,21);3-4,6,8,15H,5,7,9-10,14H2,1-2H3;3-4,6,8,15H,9-10,14H2,1-2H3;5-8H,4H2,1-3H3;3-6,12H,7H2,1-2H3;1-4,8H;8H,4H2,1-3H3;1H,3-4H2;1H4. The maximum Gasteiger partial charge on any atom is 0.407 e. The molecule has 6 aromatic carbocycles. The molecule has 0 aliphatic carbocycles. The number of hydrogen-bond donors (Lipinski definition) is 10. The number of aromatic hydroxyl groups is 1. The molecule has 0 atom stereocenters. The highest BCUT2D eigenvalue weighted by Gasteiger charge is 2.32. The summed E-state index contributed by atoms with van der Waals surface area (Å²) in [6, 6.07) is 45.7. The van der Waals surface area contributed by atoms with Gasteiger partial charge in [-0.2, -0.15) is 0 Å². The maximum atomic E-state index is 11.6. The van der Waals surface area contributed by atoms with Crippen LogP contribution in [0.2, 0.25) is 0 Å². The predicted molar refractivity (Wildman–Crippen MR) is 450 cm³/mol. The van der Waals surface area contributed by atoms with E-state index in [4.69, 9.17) is 70.8 Å². The van der Waals surface area contributed by atoms with Crippen LogP contribution in [0.4, 0.5) is 4.79 Å². The Morgan fingerprint density at radius 2 is 0.830 bits per heavy atom. The number of hydrogen-bond acceptors (Lipinski definition) is 20. The molecule has 592 valence electrons. The zero-order chi connectivity index (χ0) is 80.5. The number of ether oxygens (including phenoxy) is 8. The minimum atomic E-state index is -1.35. The van der Waals surface area contributed by atoms with Crippen LogP contribution in [-0.2, 0) is 36.6 Å². The third kappa shape index (κ3) is 49.3. The van der Waals surface area contributed by atoms with Crippen molar-refractivity contribution in [1.82, 2.24) is 5.32 Å². The second-order valence-corrected chi connectivity index (χ2v) is 30.5. The number of nitrogens with one attached hydrogen (secondary N) is 1. The SMILES string of the molecule is C.C#CCN.CC(C)(C)OC(=O)NCCCc1ccccc1OC(C)(C)CO.CC(C)(CO)Oc1ccccc1C#CCN.CC(C)(CO)Oc1ccccc1CCCN.CC(C)(CO)Oc1ccccc1I.CCOC(=O)C(C)(C)O.CCOC(=O)C(C)(C)Oc1ccccc1I.Oc1ccccc1I. The zero-order valence-electron chi connectivity index (χ0n) is 64.4. The Balaban J connectivity index is -0.00000118. The average Bonchev–Trinajstić information content (AvgIpc) is 0.835. The topological polar surface area (TPSA) is 337 Å². The zero-order valence-corrected chi connectivity index (χ0v) is 70.8. The number of aliphatic hydroxyl groups is 5. The smallest absolute Gasteiger partial charge is 0.407 e. The molecule has 24 heteroatoms. The molecule has 0 aliphatic rings. The van der Waals surface area contributed by atoms with Crippen molar-refractivity contribution in [2.24, 2.45) is 17.2 Å². The third-order valence-electron chi connectivity index (χ3n) is 12.7. The summed E-state index contributed by atoms with van der Waals surface area (Å²) in [6.45, 7) is 32.4. The van der Waals surface area contributed by atoms with Crippen LogP contribution in [0.5, 0.6) is 34.5 Å². The monoisotopic (exact) mass is 1810 g/mol. The van der Waals surface area contributed by atoms with Crippen LogP contribution in [0.25, 0.3) is 0 Å². The van der Waals surface area contributed by atoms with E-state index in [0.29, 0.717) is 56.6 Å². The van der Waals surface area contributed by atoms with Gasteiger partial charge in [-0.1, -0.05) is 110 Å². The second-order valence-electron chi connectivity index (χ2n) is 27.1. The molecular formula is C82H121I3N4O17. The molecule has 1 amide bonds. The van der Waals surface area contributed by atoms with Crippen LogP contribution < -0.4 is 46.2 Å². The van der Waals surface area contributed by atoms with E-state index in [1.165, 1.54) is 13.8 Å². The van der Waals surface area contributed by atoms with Gasteiger partial charge in [-0.3, -0.25) is 0 Å². The molecule has 0 fully saturated rings. The fourth-order valence-corrected chi connectivity index (χ4v) is 8.64. The first-order chi connectivity index (χ1) is 49.0. The highest BCUT2D eigenvalue weighted by Crippen LogP contribution is 2.29. The normalized spacial score (nSPS) is 10.8. The van der Waals surface area contributed by atoms with Crippen molar-refractivity contribution in [2.45, 2.75) is 190 Å². The summed E-state index contributed by atoms with van der Waals surface area (Å²) in [4.78, 5) is 33.8. The molecule has 0 aliphatic heterocycles. The molecule has 0 aromatic heterocycles. The molecule has 0 heterocycles. The first-order valence-corrected chi connectivity index (χ1v) is 37.4. The van der Waals surface area contributed by atoms with Gasteiger partial charge in [-0.05, 0) is 289 Å². The molecule has 0 saturated heterocycles. The van der Waals surface area contributed by atoms with E-state index < -0.39 is 51.3 Å². The maximum absolute atomic E-state index is 11.6. The number of carbonyl (C=O) groups is 3. The van der Waals surface area contributed by atoms with E-state index in [0.717, 1.165) is 70.3 Å². The molecule has 0 saturated carbocycles. The lowest BCUT2D eigenvalue weighted by atomic mass is 10.1. The van der Waals surface area contributed by atoms with Crippen LogP contribution in [0.3, 0.4) is 0 Å². The van der Waals surface area contributed by atoms with Crippen molar-refractivity contribution >= 4 is 85.8 Å². The fourth-order valence-electron chi connectivity index (χ4n) is 7.26. The Morgan fingerprint density at radius 1 is 0.481 bits per heavy atom. The van der Waals surface area contributed by atoms with E-state index in [9.17, 15) is 24.6 Å². The minimum absolute atomic E-state index is 0. The molecular weight excluding hydrogens is 1690 g/mol. The molecule has 6 rings (SSSR count). The Morgan fingerprint density at radius 3 is 1.18 bits per heavy atom. The molecule has 0 spiro atoms. The number of nitrogens with two attached hydrogens (primary N) is 3. The van der Waals surface area contributed by atoms with Gasteiger partial charge in [0.25, 0.3) is 0 Å². The first-order valence-electron chi connectivity index (χ1n) is 34.2. The van der Waals surface area contributed by atoms with Crippen LogP contribution >= 0.6 is 67.8 Å². The average molecular weight is 1820 g/mol. The van der Waals surface area contributed by atoms with Gasteiger partial charge >= 0.3 is 18.0 Å². The lowest BCUT2D eigenvalue weighted by Gasteiger charge is -2.25. The molecule has 21 nitrogen and oxygen atoms in total. The highest BCUT2D eigenvalue weighted by molar-refractivity contribution is 14.1. The number of terminal acetylenes is 1. The number of para-hydroxylation sites is 6. The Kier molecular flexibility index (Phi) is 53.5. The summed E-state index contributed by atoms with van der Waals surface area (Å²) in [5.41, 5.74) is 13.5. The number of aliphatic hydroxyl groups excluding tert-OH is 4. The molecule has 106 heavy (non-hydrogen) atoms. The quantitative estimate of drug-likeness (QED) is 0.00837. The lowest BCUT2D eigenvalue weighted by Crippen LogP contribution is -2.39. The van der Waals surface area contributed by atoms with Crippen LogP contribution in [-0.4, -0.2) is 154 Å². The minimum Gasteiger partial charge on any atom is -0.507 e. The number of halogens is 3. The molecule has 6 aromatic rings. The van der Waals surface area contributed by atoms with E-state index in [1.54, 1.807) is 39.8 Å². The van der Waals surface area contributed by atoms with Crippen molar-refractivity contribution in [3.05, 3.63) is 173 Å². The van der Waals surface area contributed by atoms with Gasteiger partial charge in [0.2, 0.25) is 0 Å². The second kappa shape index (κ2) is 54.8. The number of amides is 1. The first kappa shape index (κ1) is 103. The number of phenolic OH excluding ortho intramolecular Hbond substituents is 1. The molecule has 0 unspecified atom stereocenters. The van der Waals surface area contributed by atoms with E-state index in [1.807, 2.05) is 210 Å². The largest absolute Gasteiger partial charge is 0.507 e. The van der Waals surface area contributed by atoms with Crippen molar-refractivity contribution < 1.29 is 82.9 Å². The summed E-state index contributed by atoms with van der Waals surface area (Å²) in [7, 11) is 0. The van der Waals surface area contributed by atoms with Crippen LogP contribution in [0.1, 0.15) is 155 Å². The Hall–Kier alpha value is -6.68. The number of aryl methyl sites for hydroxylation is 2. The lowest BCUT2D eigenvalue weighted by molar-refractivity contribution is -0.161. The molecule has 0 bridgehead atoms. The molecule has 0 radical (unpaired) electrons. The van der Waals surface area contributed by atoms with Gasteiger partial charge in [0, 0.05) is 6.54 Å². The number of esters is 2. The van der Waals surface area contributed by atoms with Crippen LogP contribution in [0.15, 0.2) is 146 Å². The number of benzene rings is 6. The number of carbonyl (C=O) groups excluding carboxylic acids is 3. The van der Waals surface area contributed by atoms with Gasteiger partial charge < -0.3 is 91.1 Å². The van der Waals surface area contributed by atoms with Gasteiger partial charge in [0.1, 0.15) is 62.5 Å².